The molecule has 148 heavy (non-hydrogen) atoms. The number of hydrogen-bond acceptors (Lipinski definition) is 12. The molecule has 0 unspecified atom stereocenters. The van der Waals surface area contributed by atoms with E-state index in [1.807, 2.05) is 279 Å². The molecule has 0 spiro atoms. The largest absolute Gasteiger partial charge is 0.507 e. The van der Waals surface area contributed by atoms with Gasteiger partial charge in [0.15, 0.2) is 0 Å². The Morgan fingerprint density at radius 3 is 0.993 bits per heavy atom. The molecule has 16 nitrogen and oxygen atoms in total. The number of pyridine rings is 8. The Bertz CT molecular complexity index is 9710. The molecule has 12 heterocycles. The zero-order valence-electron chi connectivity index (χ0n) is 78.3. The van der Waals surface area contributed by atoms with Crippen LogP contribution >= 0.6 is 0 Å². The third kappa shape index (κ3) is 18.1. The molecular formula is C128H80N12O4Pt4-4. The van der Waals surface area contributed by atoms with Crippen LogP contribution in [0.5, 0.6) is 23.0 Å². The van der Waals surface area contributed by atoms with E-state index in [-0.39, 0.29) is 107 Å². The van der Waals surface area contributed by atoms with E-state index in [0.29, 0.717) is 45.0 Å². The minimum Gasteiger partial charge on any atom is -0.507 e. The van der Waals surface area contributed by atoms with Crippen molar-refractivity contribution in [2.75, 3.05) is 0 Å². The van der Waals surface area contributed by atoms with E-state index in [1.54, 1.807) is 36.8 Å². The second-order valence-corrected chi connectivity index (χ2v) is 35.1. The van der Waals surface area contributed by atoms with E-state index in [0.717, 1.165) is 199 Å². The van der Waals surface area contributed by atoms with Gasteiger partial charge in [-0.05, 0) is 227 Å². The standard InChI is InChI=1S/4C32H20N3O.4Pt/c36-31-14-6-3-10-25(31)28-12-7-15-32(34-28)35-29-13-5-2-9-23(29)24-18-16-22(20-30(24)35)27-19-17-21-8-1-4-11-26(21)33-27;36-31-15-6-4-12-26(31)28-19-21-9-1-2-10-23(21)32(34-28)35-29-14-5-3-11-24(29)25-17-16-22(20-30(25)35)27-13-7-8-18-33-27;36-32-23-9-2-1-8-21(23)15-18-26(32)28-12-7-14-31(34-28)35-29-13-4-3-10-24(29)25-17-16-22(20-30(25)35)27-11-5-6-19-33-27;36-31-20-22-9-2-1-8-21(22)18-26(31)28-12-7-14-32(34-28)35-29-13-4-3-10-24(29)25-16-15-23(19-30(25)35)27-11-5-6-17-33-27;;;;/h3*1-19,36H;1-18,20,36H;;;;/q4*-1;;;;. The van der Waals surface area contributed by atoms with Crippen molar-refractivity contribution >= 4 is 130 Å². The maximum atomic E-state index is 11.1. The molecule has 0 bridgehead atoms. The Morgan fingerprint density at radius 2 is 0.534 bits per heavy atom. The summed E-state index contributed by atoms with van der Waals surface area (Å²) < 4.78 is 8.60. The topological polar surface area (TPSA) is 204 Å². The number of nitrogens with zero attached hydrogens (tertiary/aromatic N) is 12. The van der Waals surface area contributed by atoms with Gasteiger partial charge in [0, 0.05) is 158 Å². The number of rotatable bonds is 12. The summed E-state index contributed by atoms with van der Waals surface area (Å²) in [5.41, 5.74) is 21.8. The van der Waals surface area contributed by atoms with Crippen LogP contribution in [0.1, 0.15) is 0 Å². The first-order valence-corrected chi connectivity index (χ1v) is 47.3. The molecular weight excluding hydrogens is 2550 g/mol. The Balaban J connectivity index is 0.000000115. The second kappa shape index (κ2) is 41.9. The number of benzene rings is 16. The molecule has 0 aliphatic carbocycles. The number of para-hydroxylation sites is 7. The monoisotopic (exact) mass is 2630 g/mol. The fourth-order valence-electron chi connectivity index (χ4n) is 19.7. The third-order valence-electron chi connectivity index (χ3n) is 26.5. The van der Waals surface area contributed by atoms with Gasteiger partial charge in [0.1, 0.15) is 46.3 Å². The predicted molar refractivity (Wildman–Crippen MR) is 581 cm³/mol. The predicted octanol–water partition coefficient (Wildman–Crippen LogP) is 30.3. The number of phenolic OH excluding ortho intramolecular Hbond substituents is 4. The van der Waals surface area contributed by atoms with Crippen LogP contribution < -0.4 is 0 Å². The summed E-state index contributed by atoms with van der Waals surface area (Å²) in [5.74, 6) is 3.96. The maximum absolute atomic E-state index is 11.1. The van der Waals surface area contributed by atoms with Crippen molar-refractivity contribution in [1.29, 1.82) is 0 Å². The van der Waals surface area contributed by atoms with Gasteiger partial charge in [0.2, 0.25) is 0 Å². The summed E-state index contributed by atoms with van der Waals surface area (Å²) in [6.07, 6.45) is 5.39. The van der Waals surface area contributed by atoms with Crippen molar-refractivity contribution in [3.05, 3.63) is 486 Å². The molecule has 28 aromatic rings. The van der Waals surface area contributed by atoms with Crippen LogP contribution in [-0.4, -0.2) is 78.6 Å². The number of aromatic hydroxyl groups is 4. The van der Waals surface area contributed by atoms with Crippen molar-refractivity contribution in [2.24, 2.45) is 0 Å². The molecule has 0 fully saturated rings. The average Bonchev–Trinajstić information content (AvgIpc) is 1.57. The van der Waals surface area contributed by atoms with E-state index in [1.165, 1.54) is 0 Å². The summed E-state index contributed by atoms with van der Waals surface area (Å²) in [5, 5.41) is 58.9. The summed E-state index contributed by atoms with van der Waals surface area (Å²) in [4.78, 5) is 38.6. The van der Waals surface area contributed by atoms with Crippen LogP contribution in [0.3, 0.4) is 0 Å². The van der Waals surface area contributed by atoms with Crippen LogP contribution in [0.2, 0.25) is 0 Å². The molecule has 720 valence electrons. The first-order chi connectivity index (χ1) is 71.1. The quantitative estimate of drug-likeness (QED) is 0.0844. The van der Waals surface area contributed by atoms with Gasteiger partial charge < -0.3 is 53.6 Å². The average molecular weight is 2630 g/mol. The number of hydrogen-bond donors (Lipinski definition) is 4. The smallest absolute Gasteiger partial charge is 0.144 e. The SMILES string of the molecule is Oc1c(-c2cccc(-n3c4[c-]c(-c5ccccn5)ccc4c4ccccc43)n2)ccc2ccccc12.Oc1cc2ccccc2cc1-c1cccc(-n2c3[c-]c(-c4ccccn4)ccc3c3ccccc32)n1.Oc1ccccc1-c1cc2ccccc2c(-n2c3[c-]c(-c4ccccn4)ccc3c3ccccc32)n1.Oc1ccccc1-c1cccc(-n2c3[c-]c(-c4ccc5ccccc5n4)ccc3c3ccccc32)n1.[Pt].[Pt].[Pt].[Pt]. The maximum Gasteiger partial charge on any atom is 0.144 e. The number of fused-ring (bicyclic) bond motifs is 16. The number of phenols is 4. The van der Waals surface area contributed by atoms with E-state index < -0.39 is 0 Å². The van der Waals surface area contributed by atoms with Gasteiger partial charge in [0.05, 0.1) is 28.3 Å². The molecule has 20 heteroatoms. The zero-order chi connectivity index (χ0) is 96.2. The van der Waals surface area contributed by atoms with Crippen LogP contribution in [0, 0.1) is 24.3 Å². The molecule has 0 saturated carbocycles. The Kier molecular flexibility index (Phi) is 27.5. The first-order valence-electron chi connectivity index (χ1n) is 47.3. The molecule has 0 amide bonds. The summed E-state index contributed by atoms with van der Waals surface area (Å²) >= 11 is 0. The third-order valence-corrected chi connectivity index (χ3v) is 26.5. The summed E-state index contributed by atoms with van der Waals surface area (Å²) in [7, 11) is 0. The fraction of sp³-hybridized carbons (Fsp3) is 0. The Hall–Kier alpha value is -17.1. The normalized spacial score (nSPS) is 11.1. The van der Waals surface area contributed by atoms with Crippen molar-refractivity contribution in [3.63, 3.8) is 0 Å². The molecule has 0 saturated heterocycles. The minimum absolute atomic E-state index is 0. The minimum atomic E-state index is 0. The molecule has 0 aliphatic rings. The first kappa shape index (κ1) is 97.0. The Morgan fingerprint density at radius 1 is 0.189 bits per heavy atom. The molecule has 16 aromatic carbocycles. The molecule has 12 aromatic heterocycles. The molecule has 0 aliphatic heterocycles. The van der Waals surface area contributed by atoms with Gasteiger partial charge in [0.25, 0.3) is 0 Å². The molecule has 4 N–H and O–H groups in total. The van der Waals surface area contributed by atoms with Gasteiger partial charge in [-0.25, -0.2) is 19.9 Å². The Labute approximate surface area is 907 Å². The number of aromatic nitrogens is 12. The van der Waals surface area contributed by atoms with Crippen LogP contribution in [0.4, 0.5) is 0 Å². The van der Waals surface area contributed by atoms with Gasteiger partial charge in [-0.15, -0.1) is 95.1 Å². The van der Waals surface area contributed by atoms with E-state index in [2.05, 4.69) is 203 Å². The van der Waals surface area contributed by atoms with Crippen molar-refractivity contribution in [1.82, 2.24) is 58.1 Å². The van der Waals surface area contributed by atoms with E-state index in [9.17, 15) is 20.4 Å². The van der Waals surface area contributed by atoms with Crippen molar-refractivity contribution in [2.45, 2.75) is 0 Å². The van der Waals surface area contributed by atoms with Gasteiger partial charge in [-0.3, -0.25) is 4.98 Å². The molecule has 28 rings (SSSR count). The summed E-state index contributed by atoms with van der Waals surface area (Å²) in [6.45, 7) is 0. The van der Waals surface area contributed by atoms with Crippen LogP contribution in [-0.2, 0) is 84.3 Å². The second-order valence-electron chi connectivity index (χ2n) is 35.1. The van der Waals surface area contributed by atoms with Crippen LogP contribution in [0.15, 0.2) is 461 Å². The molecule has 0 radical (unpaired) electrons. The van der Waals surface area contributed by atoms with Gasteiger partial charge >= 0.3 is 0 Å². The van der Waals surface area contributed by atoms with Gasteiger partial charge in [-0.2, -0.15) is 0 Å². The van der Waals surface area contributed by atoms with Crippen LogP contribution in [0.25, 0.3) is 244 Å². The van der Waals surface area contributed by atoms with Gasteiger partial charge in [-0.1, -0.05) is 282 Å². The van der Waals surface area contributed by atoms with E-state index >= 15 is 0 Å². The summed E-state index contributed by atoms with van der Waals surface area (Å²) in [6, 6.07) is 161. The molecule has 0 atom stereocenters. The fourth-order valence-corrected chi connectivity index (χ4v) is 19.7. The van der Waals surface area contributed by atoms with Crippen molar-refractivity contribution in [3.8, 4) is 136 Å². The van der Waals surface area contributed by atoms with E-state index in [4.69, 9.17) is 24.9 Å². The van der Waals surface area contributed by atoms with Crippen molar-refractivity contribution < 1.29 is 105 Å². The zero-order valence-corrected chi connectivity index (χ0v) is 87.4.